The zero-order valence-corrected chi connectivity index (χ0v) is 8.35. The lowest BCUT2D eigenvalue weighted by molar-refractivity contribution is 0.804. The van der Waals surface area contributed by atoms with E-state index in [1.165, 1.54) is 5.56 Å². The molecule has 0 heterocycles. The smallest absolute Gasteiger partial charge is 0.0408 e. The van der Waals surface area contributed by atoms with Gasteiger partial charge >= 0.3 is 0 Å². The SMILES string of the molecule is [N-]=[N+]=NC[C@H]1C[C@@H]1c1cccc(Cl)c1. The highest BCUT2D eigenvalue weighted by atomic mass is 35.5. The molecule has 4 heteroatoms. The minimum Gasteiger partial charge on any atom is -0.0937 e. The summed E-state index contributed by atoms with van der Waals surface area (Å²) in [7, 11) is 0. The van der Waals surface area contributed by atoms with E-state index in [2.05, 4.69) is 16.1 Å². The van der Waals surface area contributed by atoms with E-state index in [0.717, 1.165) is 11.4 Å². The van der Waals surface area contributed by atoms with Crippen LogP contribution in [0.4, 0.5) is 0 Å². The third-order valence-electron chi connectivity index (χ3n) is 2.58. The Morgan fingerprint density at radius 2 is 2.43 bits per heavy atom. The summed E-state index contributed by atoms with van der Waals surface area (Å²) in [4.78, 5) is 2.76. The Balaban J connectivity index is 2.02. The van der Waals surface area contributed by atoms with Crippen molar-refractivity contribution in [2.45, 2.75) is 12.3 Å². The van der Waals surface area contributed by atoms with Crippen LogP contribution in [-0.4, -0.2) is 6.54 Å². The lowest BCUT2D eigenvalue weighted by Crippen LogP contribution is -1.86. The monoisotopic (exact) mass is 207 g/mol. The van der Waals surface area contributed by atoms with Gasteiger partial charge in [-0.3, -0.25) is 0 Å². The molecular formula is C10H10ClN3. The quantitative estimate of drug-likeness (QED) is 0.412. The molecule has 0 saturated heterocycles. The summed E-state index contributed by atoms with van der Waals surface area (Å²) in [5, 5.41) is 4.35. The molecule has 3 nitrogen and oxygen atoms in total. The van der Waals surface area contributed by atoms with E-state index >= 15 is 0 Å². The van der Waals surface area contributed by atoms with Gasteiger partial charge in [-0.15, -0.1) is 0 Å². The molecule has 1 saturated carbocycles. The fraction of sp³-hybridized carbons (Fsp3) is 0.400. The second-order valence-corrected chi connectivity index (χ2v) is 4.01. The van der Waals surface area contributed by atoms with Crippen LogP contribution in [0, 0.1) is 5.92 Å². The predicted octanol–water partition coefficient (Wildman–Crippen LogP) is 3.75. The summed E-state index contributed by atoms with van der Waals surface area (Å²) in [6.07, 6.45) is 1.11. The Morgan fingerprint density at radius 3 is 3.14 bits per heavy atom. The first-order valence-electron chi connectivity index (χ1n) is 4.57. The number of hydrogen-bond acceptors (Lipinski definition) is 1. The third-order valence-corrected chi connectivity index (χ3v) is 2.81. The van der Waals surface area contributed by atoms with E-state index in [-0.39, 0.29) is 0 Å². The van der Waals surface area contributed by atoms with Crippen LogP contribution in [0.5, 0.6) is 0 Å². The highest BCUT2D eigenvalue weighted by Gasteiger charge is 2.37. The van der Waals surface area contributed by atoms with Gasteiger partial charge in [0.1, 0.15) is 0 Å². The lowest BCUT2D eigenvalue weighted by atomic mass is 10.1. The standard InChI is InChI=1S/C10H10ClN3/c11-9-3-1-2-7(4-9)10-5-8(10)6-13-14-12/h1-4,8,10H,5-6H2/t8-,10-/m1/s1. The van der Waals surface area contributed by atoms with Crippen molar-refractivity contribution in [3.63, 3.8) is 0 Å². The topological polar surface area (TPSA) is 48.8 Å². The predicted molar refractivity (Wildman–Crippen MR) is 56.3 cm³/mol. The molecule has 2 atom stereocenters. The maximum Gasteiger partial charge on any atom is 0.0408 e. The van der Waals surface area contributed by atoms with Gasteiger partial charge in [-0.25, -0.2) is 0 Å². The Hall–Kier alpha value is -1.18. The zero-order valence-electron chi connectivity index (χ0n) is 7.60. The Morgan fingerprint density at radius 1 is 1.57 bits per heavy atom. The van der Waals surface area contributed by atoms with Gasteiger partial charge in [-0.2, -0.15) is 0 Å². The van der Waals surface area contributed by atoms with E-state index in [1.807, 2.05) is 18.2 Å². The number of rotatable bonds is 3. The first-order chi connectivity index (χ1) is 6.81. The van der Waals surface area contributed by atoms with Crippen molar-refractivity contribution in [1.29, 1.82) is 0 Å². The number of nitrogens with zero attached hydrogens (tertiary/aromatic N) is 3. The average molecular weight is 208 g/mol. The van der Waals surface area contributed by atoms with Crippen molar-refractivity contribution >= 4 is 11.6 Å². The van der Waals surface area contributed by atoms with Crippen LogP contribution in [0.3, 0.4) is 0 Å². The molecule has 1 fully saturated rings. The number of hydrogen-bond donors (Lipinski definition) is 0. The summed E-state index contributed by atoms with van der Waals surface area (Å²) in [5.74, 6) is 1.06. The van der Waals surface area contributed by atoms with E-state index in [0.29, 0.717) is 18.4 Å². The van der Waals surface area contributed by atoms with Gasteiger partial charge in [0.05, 0.1) is 0 Å². The molecule has 0 unspecified atom stereocenters. The molecule has 1 aromatic rings. The fourth-order valence-corrected chi connectivity index (χ4v) is 1.93. The Kier molecular flexibility index (Phi) is 2.62. The molecule has 0 N–H and O–H groups in total. The molecule has 72 valence electrons. The zero-order chi connectivity index (χ0) is 9.97. The van der Waals surface area contributed by atoms with Crippen LogP contribution >= 0.6 is 11.6 Å². The van der Waals surface area contributed by atoms with E-state index in [4.69, 9.17) is 17.1 Å². The van der Waals surface area contributed by atoms with Crippen LogP contribution in [-0.2, 0) is 0 Å². The van der Waals surface area contributed by atoms with Gasteiger partial charge in [0.25, 0.3) is 0 Å². The molecule has 1 aliphatic carbocycles. The average Bonchev–Trinajstić information content (AvgIpc) is 2.94. The van der Waals surface area contributed by atoms with E-state index in [1.54, 1.807) is 0 Å². The minimum atomic E-state index is 0.518. The number of benzene rings is 1. The van der Waals surface area contributed by atoms with Crippen molar-refractivity contribution < 1.29 is 0 Å². The normalized spacial score (nSPS) is 24.1. The van der Waals surface area contributed by atoms with Crippen LogP contribution in [0.15, 0.2) is 29.4 Å². The first kappa shape index (κ1) is 9.38. The van der Waals surface area contributed by atoms with Gasteiger partial charge in [-0.1, -0.05) is 28.8 Å². The Labute approximate surface area is 87.3 Å². The fourth-order valence-electron chi connectivity index (χ4n) is 1.74. The molecule has 2 rings (SSSR count). The molecule has 0 amide bonds. The maximum absolute atomic E-state index is 8.18. The summed E-state index contributed by atoms with van der Waals surface area (Å²) >= 11 is 5.89. The maximum atomic E-state index is 8.18. The van der Waals surface area contributed by atoms with Gasteiger partial charge in [0.15, 0.2) is 0 Å². The van der Waals surface area contributed by atoms with Crippen LogP contribution in [0.2, 0.25) is 5.02 Å². The molecule has 0 spiro atoms. The van der Waals surface area contributed by atoms with Crippen LogP contribution in [0.25, 0.3) is 10.4 Å². The van der Waals surface area contributed by atoms with Gasteiger partial charge in [-0.05, 0) is 41.5 Å². The molecule has 14 heavy (non-hydrogen) atoms. The lowest BCUT2D eigenvalue weighted by Gasteiger charge is -1.98. The highest BCUT2D eigenvalue weighted by molar-refractivity contribution is 6.30. The van der Waals surface area contributed by atoms with Crippen LogP contribution < -0.4 is 0 Å². The molecular weight excluding hydrogens is 198 g/mol. The molecule has 0 aliphatic heterocycles. The van der Waals surface area contributed by atoms with Gasteiger partial charge < -0.3 is 0 Å². The highest BCUT2D eigenvalue weighted by Crippen LogP contribution is 2.47. The molecule has 1 aliphatic rings. The molecule has 0 aromatic heterocycles. The van der Waals surface area contributed by atoms with Crippen LogP contribution in [0.1, 0.15) is 17.9 Å². The number of azide groups is 1. The Bertz CT molecular complexity index is 385. The van der Waals surface area contributed by atoms with E-state index < -0.39 is 0 Å². The van der Waals surface area contributed by atoms with Crippen molar-refractivity contribution in [1.82, 2.24) is 0 Å². The summed E-state index contributed by atoms with van der Waals surface area (Å²) < 4.78 is 0. The van der Waals surface area contributed by atoms with E-state index in [9.17, 15) is 0 Å². The first-order valence-corrected chi connectivity index (χ1v) is 4.95. The van der Waals surface area contributed by atoms with Gasteiger partial charge in [0.2, 0.25) is 0 Å². The second-order valence-electron chi connectivity index (χ2n) is 3.57. The molecule has 0 radical (unpaired) electrons. The molecule has 1 aromatic carbocycles. The van der Waals surface area contributed by atoms with Crippen molar-refractivity contribution in [2.75, 3.05) is 6.54 Å². The summed E-state index contributed by atoms with van der Waals surface area (Å²) in [5.41, 5.74) is 9.44. The number of halogens is 1. The largest absolute Gasteiger partial charge is 0.0937 e. The van der Waals surface area contributed by atoms with Gasteiger partial charge in [0, 0.05) is 16.5 Å². The van der Waals surface area contributed by atoms with Crippen molar-refractivity contribution in [3.8, 4) is 0 Å². The van der Waals surface area contributed by atoms with Crippen molar-refractivity contribution in [2.24, 2.45) is 11.0 Å². The summed E-state index contributed by atoms with van der Waals surface area (Å²) in [6.45, 7) is 0.605. The second kappa shape index (κ2) is 3.91. The molecule has 0 bridgehead atoms. The third kappa shape index (κ3) is 2.00. The summed E-state index contributed by atoms with van der Waals surface area (Å²) in [6, 6.07) is 7.89. The van der Waals surface area contributed by atoms with Crippen molar-refractivity contribution in [3.05, 3.63) is 45.3 Å². The minimum absolute atomic E-state index is 0.518.